The molecule has 0 bridgehead atoms. The van der Waals surface area contributed by atoms with Crippen LogP contribution in [0.4, 0.5) is 0 Å². The summed E-state index contributed by atoms with van der Waals surface area (Å²) >= 11 is 3.41. The summed E-state index contributed by atoms with van der Waals surface area (Å²) in [5, 5.41) is 6.95. The van der Waals surface area contributed by atoms with E-state index in [9.17, 15) is 4.79 Å². The van der Waals surface area contributed by atoms with Crippen molar-refractivity contribution in [2.24, 2.45) is 0 Å². The van der Waals surface area contributed by atoms with Gasteiger partial charge in [0.15, 0.2) is 11.4 Å². The molecule has 134 valence electrons. The molecule has 1 N–H and O–H groups in total. The maximum absolute atomic E-state index is 12.0. The van der Waals surface area contributed by atoms with Gasteiger partial charge >= 0.3 is 5.97 Å². The summed E-state index contributed by atoms with van der Waals surface area (Å²) in [4.78, 5) is 12.0. The van der Waals surface area contributed by atoms with Crippen molar-refractivity contribution in [2.45, 2.75) is 6.61 Å². The van der Waals surface area contributed by atoms with Gasteiger partial charge in [-0.3, -0.25) is 5.10 Å². The van der Waals surface area contributed by atoms with Crippen molar-refractivity contribution >= 4 is 21.9 Å². The number of hydrogen-bond acceptors (Lipinski definition) is 5. The van der Waals surface area contributed by atoms with E-state index in [0.29, 0.717) is 11.4 Å². The second-order valence-electron chi connectivity index (χ2n) is 5.41. The zero-order chi connectivity index (χ0) is 18.5. The molecule has 6 nitrogen and oxygen atoms in total. The van der Waals surface area contributed by atoms with Gasteiger partial charge in [0.05, 0.1) is 14.2 Å². The average Bonchev–Trinajstić information content (AvgIpc) is 3.10. The number of aromatic amines is 1. The predicted molar refractivity (Wildman–Crippen MR) is 100 cm³/mol. The Morgan fingerprint density at radius 3 is 2.38 bits per heavy atom. The maximum Gasteiger partial charge on any atom is 0.360 e. The maximum atomic E-state index is 12.0. The Kier molecular flexibility index (Phi) is 5.58. The first-order valence-electron chi connectivity index (χ1n) is 7.80. The second kappa shape index (κ2) is 8.05. The third-order valence-electron chi connectivity index (χ3n) is 3.77. The highest BCUT2D eigenvalue weighted by Gasteiger charge is 2.22. The average molecular weight is 417 g/mol. The Bertz CT molecular complexity index is 889. The first kappa shape index (κ1) is 18.0. The zero-order valence-electron chi connectivity index (χ0n) is 14.3. The lowest BCUT2D eigenvalue weighted by Crippen LogP contribution is -2.05. The lowest BCUT2D eigenvalue weighted by atomic mass is 10.1. The van der Waals surface area contributed by atoms with Crippen LogP contribution in [0.5, 0.6) is 11.5 Å². The number of H-pyrrole nitrogens is 1. The van der Waals surface area contributed by atoms with E-state index >= 15 is 0 Å². The van der Waals surface area contributed by atoms with Crippen LogP contribution in [0.25, 0.3) is 11.3 Å². The molecule has 2 aromatic carbocycles. The van der Waals surface area contributed by atoms with Crippen LogP contribution in [0.2, 0.25) is 0 Å². The van der Waals surface area contributed by atoms with Crippen LogP contribution in [0, 0.1) is 0 Å². The lowest BCUT2D eigenvalue weighted by molar-refractivity contribution is 0.0589. The van der Waals surface area contributed by atoms with E-state index in [1.807, 2.05) is 48.5 Å². The van der Waals surface area contributed by atoms with Crippen molar-refractivity contribution in [2.75, 3.05) is 14.2 Å². The molecular formula is C19H17BrN2O4. The number of aromatic nitrogens is 2. The molecule has 3 rings (SSSR count). The molecule has 7 heteroatoms. The number of halogens is 1. The molecule has 0 aliphatic carbocycles. The van der Waals surface area contributed by atoms with Crippen molar-refractivity contribution in [3.8, 4) is 22.8 Å². The topological polar surface area (TPSA) is 73.4 Å². The second-order valence-corrected chi connectivity index (χ2v) is 6.33. The summed E-state index contributed by atoms with van der Waals surface area (Å²) in [5.41, 5.74) is 2.49. The van der Waals surface area contributed by atoms with Crippen molar-refractivity contribution in [1.82, 2.24) is 10.2 Å². The number of nitrogens with one attached hydrogen (secondary N) is 1. The highest BCUT2D eigenvalue weighted by atomic mass is 79.9. The third-order valence-corrected chi connectivity index (χ3v) is 4.30. The molecule has 0 aliphatic heterocycles. The lowest BCUT2D eigenvalue weighted by Gasteiger charge is -2.09. The normalized spacial score (nSPS) is 10.4. The molecule has 26 heavy (non-hydrogen) atoms. The van der Waals surface area contributed by atoms with Gasteiger partial charge in [-0.2, -0.15) is 5.10 Å². The summed E-state index contributed by atoms with van der Waals surface area (Å²) in [7, 11) is 2.93. The number of benzene rings is 2. The third kappa shape index (κ3) is 3.88. The minimum Gasteiger partial charge on any atom is -0.497 e. The molecule has 0 saturated heterocycles. The van der Waals surface area contributed by atoms with Crippen LogP contribution in [-0.4, -0.2) is 30.4 Å². The fraction of sp³-hybridized carbons (Fsp3) is 0.158. The molecule has 0 unspecified atom stereocenters. The van der Waals surface area contributed by atoms with Crippen LogP contribution >= 0.6 is 15.9 Å². The van der Waals surface area contributed by atoms with Crippen molar-refractivity contribution in [3.05, 3.63) is 64.3 Å². The number of nitrogens with zero attached hydrogens (tertiary/aromatic N) is 1. The predicted octanol–water partition coefficient (Wildman–Crippen LogP) is 4.21. The number of esters is 1. The Hall–Kier alpha value is -2.80. The van der Waals surface area contributed by atoms with Crippen molar-refractivity contribution < 1.29 is 19.0 Å². The Balaban J connectivity index is 1.90. The van der Waals surface area contributed by atoms with E-state index < -0.39 is 5.97 Å². The zero-order valence-corrected chi connectivity index (χ0v) is 15.9. The van der Waals surface area contributed by atoms with Gasteiger partial charge in [-0.25, -0.2) is 4.79 Å². The molecule has 0 spiro atoms. The summed E-state index contributed by atoms with van der Waals surface area (Å²) in [5.74, 6) is 0.587. The molecule has 1 heterocycles. The van der Waals surface area contributed by atoms with Crippen LogP contribution in [0.1, 0.15) is 16.1 Å². The van der Waals surface area contributed by atoms with E-state index in [0.717, 1.165) is 21.3 Å². The van der Waals surface area contributed by atoms with Crippen LogP contribution in [0.3, 0.4) is 0 Å². The smallest absolute Gasteiger partial charge is 0.360 e. The van der Waals surface area contributed by atoms with Gasteiger partial charge in [0.2, 0.25) is 0 Å². The van der Waals surface area contributed by atoms with E-state index in [2.05, 4.69) is 26.1 Å². The number of ether oxygens (including phenoxy) is 3. The molecule has 0 radical (unpaired) electrons. The number of carbonyl (C=O) groups is 1. The molecule has 3 aromatic rings. The van der Waals surface area contributed by atoms with Crippen molar-refractivity contribution in [1.29, 1.82) is 0 Å². The van der Waals surface area contributed by atoms with Gasteiger partial charge in [0.25, 0.3) is 0 Å². The minimum atomic E-state index is -0.536. The van der Waals surface area contributed by atoms with Crippen LogP contribution < -0.4 is 9.47 Å². The number of rotatable bonds is 6. The number of hydrogen-bond donors (Lipinski definition) is 1. The van der Waals surface area contributed by atoms with Gasteiger partial charge < -0.3 is 14.2 Å². The molecule has 0 fully saturated rings. The SMILES string of the molecule is COC(=O)c1[nH]nc(-c2ccc(Br)cc2)c1OCc1ccc(OC)cc1. The van der Waals surface area contributed by atoms with Gasteiger partial charge in [-0.05, 0) is 29.8 Å². The fourth-order valence-electron chi connectivity index (χ4n) is 2.39. The van der Waals surface area contributed by atoms with Crippen LogP contribution in [0.15, 0.2) is 53.0 Å². The van der Waals surface area contributed by atoms with Gasteiger partial charge in [0.1, 0.15) is 18.1 Å². The monoisotopic (exact) mass is 416 g/mol. The van der Waals surface area contributed by atoms with E-state index in [1.54, 1.807) is 7.11 Å². The summed E-state index contributed by atoms with van der Waals surface area (Å²) in [6.45, 7) is 0.275. The highest BCUT2D eigenvalue weighted by molar-refractivity contribution is 9.10. The van der Waals surface area contributed by atoms with Gasteiger partial charge in [-0.15, -0.1) is 0 Å². The van der Waals surface area contributed by atoms with Crippen molar-refractivity contribution in [3.63, 3.8) is 0 Å². The van der Waals surface area contributed by atoms with E-state index in [-0.39, 0.29) is 12.3 Å². The quantitative estimate of drug-likeness (QED) is 0.609. The Morgan fingerprint density at radius 1 is 1.08 bits per heavy atom. The Morgan fingerprint density at radius 2 is 1.77 bits per heavy atom. The first-order valence-corrected chi connectivity index (χ1v) is 8.60. The summed E-state index contributed by atoms with van der Waals surface area (Å²) in [6, 6.07) is 15.1. The van der Waals surface area contributed by atoms with Gasteiger partial charge in [-0.1, -0.05) is 40.2 Å². The first-order chi connectivity index (χ1) is 12.6. The van der Waals surface area contributed by atoms with Crippen LogP contribution in [-0.2, 0) is 11.3 Å². The summed E-state index contributed by atoms with van der Waals surface area (Å²) in [6.07, 6.45) is 0. The number of methoxy groups -OCH3 is 2. The largest absolute Gasteiger partial charge is 0.497 e. The molecule has 0 amide bonds. The highest BCUT2D eigenvalue weighted by Crippen LogP contribution is 2.33. The van der Waals surface area contributed by atoms with E-state index in [4.69, 9.17) is 14.2 Å². The molecule has 0 saturated carbocycles. The summed E-state index contributed by atoms with van der Waals surface area (Å²) < 4.78 is 16.8. The fourth-order valence-corrected chi connectivity index (χ4v) is 2.66. The molecular weight excluding hydrogens is 400 g/mol. The van der Waals surface area contributed by atoms with Gasteiger partial charge in [0, 0.05) is 10.0 Å². The molecule has 0 aliphatic rings. The molecule has 0 atom stereocenters. The minimum absolute atomic E-state index is 0.180. The Labute approximate surface area is 159 Å². The standard InChI is InChI=1S/C19H17BrN2O4/c1-24-15-9-3-12(4-10-15)11-26-18-16(13-5-7-14(20)8-6-13)21-22-17(18)19(23)25-2/h3-10H,11H2,1-2H3,(H,21,22). The van der Waals surface area contributed by atoms with E-state index in [1.165, 1.54) is 7.11 Å². The number of carbonyl (C=O) groups excluding carboxylic acids is 1. The molecule has 1 aromatic heterocycles.